The molecule has 0 saturated heterocycles. The average Bonchev–Trinajstić information content (AvgIpc) is 2.46. The number of nitrogens with one attached hydrogen (secondary N) is 1. The number of hydrogen-bond acceptors (Lipinski definition) is 4. The number of benzene rings is 1. The Kier molecular flexibility index (Phi) is 4.86. The maximum absolute atomic E-state index is 5.60. The van der Waals surface area contributed by atoms with Gasteiger partial charge in [-0.3, -0.25) is 0 Å². The molecule has 0 unspecified atom stereocenters. The number of aromatic nitrogens is 2. The van der Waals surface area contributed by atoms with Gasteiger partial charge in [0.1, 0.15) is 5.75 Å². The molecule has 0 saturated carbocycles. The third-order valence-corrected chi connectivity index (χ3v) is 2.92. The lowest BCUT2D eigenvalue weighted by Crippen LogP contribution is -2.24. The van der Waals surface area contributed by atoms with Gasteiger partial charge in [0, 0.05) is 25.0 Å². The van der Waals surface area contributed by atoms with Crippen LogP contribution in [0.5, 0.6) is 11.8 Å². The summed E-state index contributed by atoms with van der Waals surface area (Å²) < 4.78 is 5.60. The van der Waals surface area contributed by atoms with Gasteiger partial charge in [-0.25, -0.2) is 9.97 Å². The first kappa shape index (κ1) is 13.5. The molecule has 1 atom stereocenters. The fraction of sp³-hybridized carbons (Fsp3) is 0.333. The normalized spacial score (nSPS) is 12.1. The molecule has 19 heavy (non-hydrogen) atoms. The van der Waals surface area contributed by atoms with E-state index in [1.165, 1.54) is 5.56 Å². The van der Waals surface area contributed by atoms with E-state index in [4.69, 9.17) is 4.74 Å². The van der Waals surface area contributed by atoms with Crippen molar-refractivity contribution in [3.8, 4) is 11.8 Å². The lowest BCUT2D eigenvalue weighted by Gasteiger charge is -2.11. The molecule has 1 aromatic carbocycles. The van der Waals surface area contributed by atoms with Gasteiger partial charge >= 0.3 is 6.01 Å². The van der Waals surface area contributed by atoms with Crippen LogP contribution in [0.2, 0.25) is 0 Å². The zero-order valence-corrected chi connectivity index (χ0v) is 11.3. The van der Waals surface area contributed by atoms with E-state index in [9.17, 15) is 0 Å². The van der Waals surface area contributed by atoms with Gasteiger partial charge in [0.05, 0.1) is 0 Å². The smallest absolute Gasteiger partial charge is 0.321 e. The third kappa shape index (κ3) is 4.34. The molecule has 0 amide bonds. The molecule has 0 aliphatic heterocycles. The summed E-state index contributed by atoms with van der Waals surface area (Å²) in [7, 11) is 0. The van der Waals surface area contributed by atoms with Crippen molar-refractivity contribution in [3.05, 3.63) is 48.3 Å². The minimum absolute atomic E-state index is 0.370. The predicted octanol–water partition coefficient (Wildman–Crippen LogP) is 3.16. The topological polar surface area (TPSA) is 47.0 Å². The van der Waals surface area contributed by atoms with Crippen LogP contribution >= 0.6 is 0 Å². The molecular weight excluding hydrogens is 238 g/mol. The van der Waals surface area contributed by atoms with Crippen LogP contribution in [0.25, 0.3) is 0 Å². The van der Waals surface area contributed by atoms with Crippen molar-refractivity contribution < 1.29 is 4.74 Å². The van der Waals surface area contributed by atoms with Gasteiger partial charge in [-0.1, -0.05) is 19.1 Å². The van der Waals surface area contributed by atoms with E-state index in [1.54, 1.807) is 18.5 Å². The van der Waals surface area contributed by atoms with Crippen LogP contribution in [0, 0.1) is 0 Å². The molecule has 4 nitrogen and oxygen atoms in total. The van der Waals surface area contributed by atoms with Crippen molar-refractivity contribution in [1.82, 2.24) is 15.3 Å². The van der Waals surface area contributed by atoms with Crippen molar-refractivity contribution in [2.75, 3.05) is 0 Å². The summed E-state index contributed by atoms with van der Waals surface area (Å²) in [5.41, 5.74) is 1.19. The van der Waals surface area contributed by atoms with Crippen LogP contribution in [0.4, 0.5) is 0 Å². The maximum atomic E-state index is 5.60. The Hall–Kier alpha value is -1.94. The Morgan fingerprint density at radius 1 is 1.21 bits per heavy atom. The van der Waals surface area contributed by atoms with Crippen LogP contribution in [0.15, 0.2) is 42.7 Å². The largest absolute Gasteiger partial charge is 0.424 e. The van der Waals surface area contributed by atoms with Crippen molar-refractivity contribution in [1.29, 1.82) is 0 Å². The Morgan fingerprint density at radius 3 is 2.74 bits per heavy atom. The average molecular weight is 257 g/mol. The zero-order valence-electron chi connectivity index (χ0n) is 11.3. The summed E-state index contributed by atoms with van der Waals surface area (Å²) in [6.45, 7) is 5.18. The van der Waals surface area contributed by atoms with Crippen molar-refractivity contribution >= 4 is 0 Å². The van der Waals surface area contributed by atoms with Crippen LogP contribution in [-0.2, 0) is 6.54 Å². The summed E-state index contributed by atoms with van der Waals surface area (Å²) in [4.78, 5) is 8.08. The van der Waals surface area contributed by atoms with Crippen molar-refractivity contribution in [2.45, 2.75) is 32.9 Å². The van der Waals surface area contributed by atoms with E-state index in [0.717, 1.165) is 18.7 Å². The van der Waals surface area contributed by atoms with Crippen LogP contribution < -0.4 is 10.1 Å². The van der Waals surface area contributed by atoms with Gasteiger partial charge in [-0.2, -0.15) is 0 Å². The maximum Gasteiger partial charge on any atom is 0.321 e. The van der Waals surface area contributed by atoms with E-state index in [2.05, 4.69) is 35.2 Å². The van der Waals surface area contributed by atoms with Gasteiger partial charge in [0.2, 0.25) is 0 Å². The first-order valence-corrected chi connectivity index (χ1v) is 6.55. The second-order valence-electron chi connectivity index (χ2n) is 4.47. The van der Waals surface area contributed by atoms with Crippen LogP contribution in [-0.4, -0.2) is 16.0 Å². The fourth-order valence-corrected chi connectivity index (χ4v) is 1.60. The minimum Gasteiger partial charge on any atom is -0.424 e. The van der Waals surface area contributed by atoms with Crippen LogP contribution in [0.3, 0.4) is 0 Å². The molecule has 0 spiro atoms. The lowest BCUT2D eigenvalue weighted by molar-refractivity contribution is 0.440. The summed E-state index contributed by atoms with van der Waals surface area (Å²) in [5, 5.41) is 3.45. The molecule has 1 heterocycles. The molecule has 0 aliphatic carbocycles. The highest BCUT2D eigenvalue weighted by Gasteiger charge is 2.02. The van der Waals surface area contributed by atoms with Crippen LogP contribution in [0.1, 0.15) is 25.8 Å². The van der Waals surface area contributed by atoms with Gasteiger partial charge in [-0.05, 0) is 37.1 Å². The Balaban J connectivity index is 1.99. The SMILES string of the molecule is CC[C@@H](C)NCc1cccc(Oc2ncccn2)c1. The summed E-state index contributed by atoms with van der Waals surface area (Å²) in [6.07, 6.45) is 4.45. The van der Waals surface area contributed by atoms with Gasteiger partial charge < -0.3 is 10.1 Å². The van der Waals surface area contributed by atoms with E-state index in [-0.39, 0.29) is 0 Å². The summed E-state index contributed by atoms with van der Waals surface area (Å²) in [5.74, 6) is 0.759. The molecule has 0 bridgehead atoms. The predicted molar refractivity (Wildman–Crippen MR) is 75.1 cm³/mol. The molecule has 2 rings (SSSR count). The highest BCUT2D eigenvalue weighted by atomic mass is 16.5. The monoisotopic (exact) mass is 257 g/mol. The van der Waals surface area contributed by atoms with E-state index in [0.29, 0.717) is 12.1 Å². The number of ether oxygens (including phenoxy) is 1. The van der Waals surface area contributed by atoms with E-state index in [1.807, 2.05) is 18.2 Å². The minimum atomic E-state index is 0.370. The molecule has 1 aromatic heterocycles. The molecule has 0 radical (unpaired) electrons. The van der Waals surface area contributed by atoms with E-state index < -0.39 is 0 Å². The zero-order chi connectivity index (χ0) is 13.5. The molecule has 4 heteroatoms. The Bertz CT molecular complexity index is 502. The molecular formula is C15H19N3O. The molecule has 2 aromatic rings. The Morgan fingerprint density at radius 2 is 2.00 bits per heavy atom. The fourth-order valence-electron chi connectivity index (χ4n) is 1.60. The summed E-state index contributed by atoms with van der Waals surface area (Å²) in [6, 6.07) is 10.6. The number of nitrogens with zero attached hydrogens (tertiary/aromatic N) is 2. The second kappa shape index (κ2) is 6.85. The van der Waals surface area contributed by atoms with Crippen molar-refractivity contribution in [3.63, 3.8) is 0 Å². The van der Waals surface area contributed by atoms with Crippen molar-refractivity contribution in [2.24, 2.45) is 0 Å². The first-order valence-electron chi connectivity index (χ1n) is 6.55. The molecule has 100 valence electrons. The van der Waals surface area contributed by atoms with Gasteiger partial charge in [0.25, 0.3) is 0 Å². The first-order chi connectivity index (χ1) is 9.28. The molecule has 0 aliphatic rings. The number of rotatable bonds is 6. The number of hydrogen-bond donors (Lipinski definition) is 1. The molecule has 1 N–H and O–H groups in total. The Labute approximate surface area is 113 Å². The van der Waals surface area contributed by atoms with Gasteiger partial charge in [-0.15, -0.1) is 0 Å². The van der Waals surface area contributed by atoms with E-state index >= 15 is 0 Å². The highest BCUT2D eigenvalue weighted by molar-refractivity contribution is 5.30. The second-order valence-corrected chi connectivity index (χ2v) is 4.47. The quantitative estimate of drug-likeness (QED) is 0.863. The highest BCUT2D eigenvalue weighted by Crippen LogP contribution is 2.18. The summed E-state index contributed by atoms with van der Waals surface area (Å²) >= 11 is 0. The van der Waals surface area contributed by atoms with Gasteiger partial charge in [0.15, 0.2) is 0 Å². The standard InChI is InChI=1S/C15H19N3O/c1-3-12(2)18-11-13-6-4-7-14(10-13)19-15-16-8-5-9-17-15/h4-10,12,18H,3,11H2,1-2H3/t12-/m1/s1. The lowest BCUT2D eigenvalue weighted by atomic mass is 10.2. The molecule has 0 fully saturated rings. The third-order valence-electron chi connectivity index (χ3n) is 2.92.